The largest absolute Gasteiger partial charge is 0.480 e. The topological polar surface area (TPSA) is 84.2 Å². The first-order chi connectivity index (χ1) is 7.59. The molecule has 0 spiro atoms. The molecular weight excluding hydrogens is 210 g/mol. The Morgan fingerprint density at radius 2 is 2.38 bits per heavy atom. The first-order valence-electron chi connectivity index (χ1n) is 5.16. The molecule has 1 saturated carbocycles. The number of carbonyl (C=O) groups is 1. The van der Waals surface area contributed by atoms with Gasteiger partial charge in [0, 0.05) is 18.4 Å². The van der Waals surface area contributed by atoms with Crippen molar-refractivity contribution in [2.75, 3.05) is 5.32 Å². The van der Waals surface area contributed by atoms with Crippen molar-refractivity contribution in [3.05, 3.63) is 22.7 Å². The number of carboxylic acids is 1. The molecule has 6 nitrogen and oxygen atoms in total. The van der Waals surface area contributed by atoms with Crippen LogP contribution in [0.1, 0.15) is 25.8 Å². The van der Waals surface area contributed by atoms with Gasteiger partial charge in [-0.2, -0.15) is 0 Å². The van der Waals surface area contributed by atoms with Gasteiger partial charge < -0.3 is 15.0 Å². The molecule has 1 aromatic rings. The van der Waals surface area contributed by atoms with E-state index in [1.54, 1.807) is 10.8 Å². The van der Waals surface area contributed by atoms with Gasteiger partial charge in [-0.05, 0) is 19.8 Å². The van der Waals surface area contributed by atoms with Crippen LogP contribution in [-0.4, -0.2) is 26.7 Å². The number of rotatable bonds is 4. The summed E-state index contributed by atoms with van der Waals surface area (Å²) in [5.41, 5.74) is -0.252. The molecule has 2 rings (SSSR count). The minimum Gasteiger partial charge on any atom is -0.480 e. The average molecular weight is 223 g/mol. The normalized spacial score (nSPS) is 16.8. The molecule has 0 amide bonds. The zero-order chi connectivity index (χ0) is 11.7. The Hall–Kier alpha value is -1.85. The van der Waals surface area contributed by atoms with Crippen molar-refractivity contribution in [2.45, 2.75) is 31.8 Å². The van der Waals surface area contributed by atoms with Crippen LogP contribution in [0.4, 0.5) is 5.82 Å². The second-order valence-corrected chi connectivity index (χ2v) is 3.92. The van der Waals surface area contributed by atoms with Crippen molar-refractivity contribution < 1.29 is 9.90 Å². The van der Waals surface area contributed by atoms with E-state index in [1.807, 2.05) is 0 Å². The van der Waals surface area contributed by atoms with Gasteiger partial charge in [-0.25, -0.2) is 4.98 Å². The molecule has 1 aliphatic carbocycles. The van der Waals surface area contributed by atoms with Crippen molar-refractivity contribution in [1.29, 1.82) is 0 Å². The molecule has 0 saturated heterocycles. The second-order valence-electron chi connectivity index (χ2n) is 3.92. The summed E-state index contributed by atoms with van der Waals surface area (Å²) in [5.74, 6) is -0.910. The van der Waals surface area contributed by atoms with Crippen molar-refractivity contribution in [2.24, 2.45) is 0 Å². The van der Waals surface area contributed by atoms with Gasteiger partial charge >= 0.3 is 5.97 Å². The monoisotopic (exact) mass is 223 g/mol. The van der Waals surface area contributed by atoms with Gasteiger partial charge in [0.1, 0.15) is 6.04 Å². The highest BCUT2D eigenvalue weighted by atomic mass is 16.4. The van der Waals surface area contributed by atoms with E-state index in [2.05, 4.69) is 10.3 Å². The van der Waals surface area contributed by atoms with Crippen molar-refractivity contribution in [3.8, 4) is 0 Å². The summed E-state index contributed by atoms with van der Waals surface area (Å²) in [6, 6.07) is -0.563. The highest BCUT2D eigenvalue weighted by Crippen LogP contribution is 2.33. The number of anilines is 1. The lowest BCUT2D eigenvalue weighted by atomic mass is 10.3. The van der Waals surface area contributed by atoms with Crippen molar-refractivity contribution in [3.63, 3.8) is 0 Å². The van der Waals surface area contributed by atoms with Crippen LogP contribution in [0.5, 0.6) is 0 Å². The van der Waals surface area contributed by atoms with E-state index in [0.29, 0.717) is 0 Å². The number of carboxylic acid groups (broad SMARTS) is 1. The van der Waals surface area contributed by atoms with Crippen LogP contribution in [0, 0.1) is 0 Å². The van der Waals surface area contributed by atoms with E-state index in [0.717, 1.165) is 12.8 Å². The smallest absolute Gasteiger partial charge is 0.325 e. The third kappa shape index (κ3) is 2.05. The van der Waals surface area contributed by atoms with Crippen LogP contribution in [0.3, 0.4) is 0 Å². The first kappa shape index (κ1) is 10.7. The molecule has 0 aromatic carbocycles. The van der Waals surface area contributed by atoms with E-state index in [-0.39, 0.29) is 17.4 Å². The molecule has 86 valence electrons. The van der Waals surface area contributed by atoms with Crippen molar-refractivity contribution in [1.82, 2.24) is 9.55 Å². The predicted molar refractivity (Wildman–Crippen MR) is 57.5 cm³/mol. The average Bonchev–Trinajstić information content (AvgIpc) is 3.04. The Bertz CT molecular complexity index is 465. The van der Waals surface area contributed by atoms with Gasteiger partial charge in [-0.3, -0.25) is 9.59 Å². The van der Waals surface area contributed by atoms with Crippen LogP contribution < -0.4 is 10.9 Å². The number of hydrogen-bond donors (Lipinski definition) is 2. The molecule has 2 N–H and O–H groups in total. The van der Waals surface area contributed by atoms with Gasteiger partial charge in [0.15, 0.2) is 5.82 Å². The lowest BCUT2D eigenvalue weighted by Crippen LogP contribution is -2.31. The summed E-state index contributed by atoms with van der Waals surface area (Å²) in [7, 11) is 0. The second kappa shape index (κ2) is 3.96. The molecule has 0 aliphatic heterocycles. The third-order valence-corrected chi connectivity index (χ3v) is 2.53. The van der Waals surface area contributed by atoms with Crippen molar-refractivity contribution >= 4 is 11.8 Å². The van der Waals surface area contributed by atoms with E-state index < -0.39 is 12.0 Å². The highest BCUT2D eigenvalue weighted by molar-refractivity contribution is 5.76. The first-order valence-corrected chi connectivity index (χ1v) is 5.16. The number of aromatic nitrogens is 2. The fraction of sp³-hybridized carbons (Fsp3) is 0.500. The summed E-state index contributed by atoms with van der Waals surface area (Å²) in [6.45, 7) is 1.47. The Kier molecular flexibility index (Phi) is 2.64. The quantitative estimate of drug-likeness (QED) is 0.774. The molecule has 0 radical (unpaired) electrons. The van der Waals surface area contributed by atoms with Crippen LogP contribution in [0.2, 0.25) is 0 Å². The SMILES string of the molecule is CC(Nc1nccn(C2CC2)c1=O)C(=O)O. The summed E-state index contributed by atoms with van der Waals surface area (Å²) in [4.78, 5) is 26.4. The molecule has 1 aliphatic rings. The maximum atomic E-state index is 11.9. The molecule has 1 unspecified atom stereocenters. The van der Waals surface area contributed by atoms with Crippen LogP contribution in [-0.2, 0) is 4.79 Å². The predicted octanol–water partition coefficient (Wildman–Crippen LogP) is 0.463. The number of hydrogen-bond acceptors (Lipinski definition) is 4. The molecule has 0 bridgehead atoms. The maximum absolute atomic E-state index is 11.9. The van der Waals surface area contributed by atoms with Gasteiger partial charge in [-0.15, -0.1) is 0 Å². The Balaban J connectivity index is 2.24. The Morgan fingerprint density at radius 1 is 1.69 bits per heavy atom. The van der Waals surface area contributed by atoms with Gasteiger partial charge in [0.05, 0.1) is 0 Å². The van der Waals surface area contributed by atoms with Crippen LogP contribution >= 0.6 is 0 Å². The maximum Gasteiger partial charge on any atom is 0.325 e. The van der Waals surface area contributed by atoms with Gasteiger partial charge in [0.25, 0.3) is 5.56 Å². The van der Waals surface area contributed by atoms with Crippen LogP contribution in [0.25, 0.3) is 0 Å². The molecular formula is C10H13N3O3. The Morgan fingerprint density at radius 3 is 2.94 bits per heavy atom. The number of aliphatic carboxylic acids is 1. The minimum atomic E-state index is -1.01. The van der Waals surface area contributed by atoms with E-state index in [4.69, 9.17) is 5.11 Å². The third-order valence-electron chi connectivity index (χ3n) is 2.53. The lowest BCUT2D eigenvalue weighted by molar-refractivity contribution is -0.137. The molecule has 1 heterocycles. The van der Waals surface area contributed by atoms with Gasteiger partial charge in [0.2, 0.25) is 0 Å². The summed E-state index contributed by atoms with van der Waals surface area (Å²) in [6.07, 6.45) is 5.14. The minimum absolute atomic E-state index is 0.101. The summed E-state index contributed by atoms with van der Waals surface area (Å²) < 4.78 is 1.60. The molecule has 16 heavy (non-hydrogen) atoms. The summed E-state index contributed by atoms with van der Waals surface area (Å²) in [5, 5.41) is 11.3. The highest BCUT2D eigenvalue weighted by Gasteiger charge is 2.25. The zero-order valence-electron chi connectivity index (χ0n) is 8.88. The Labute approximate surface area is 91.9 Å². The molecule has 1 atom stereocenters. The fourth-order valence-corrected chi connectivity index (χ4v) is 1.43. The molecule has 6 heteroatoms. The van der Waals surface area contributed by atoms with E-state index >= 15 is 0 Å². The number of nitrogens with zero attached hydrogens (tertiary/aromatic N) is 2. The van der Waals surface area contributed by atoms with Crippen LogP contribution in [0.15, 0.2) is 17.2 Å². The summed E-state index contributed by atoms with van der Waals surface area (Å²) >= 11 is 0. The van der Waals surface area contributed by atoms with Gasteiger partial charge in [-0.1, -0.05) is 0 Å². The number of nitrogens with one attached hydrogen (secondary N) is 1. The van der Waals surface area contributed by atoms with E-state index in [9.17, 15) is 9.59 Å². The molecule has 1 fully saturated rings. The molecule has 1 aromatic heterocycles. The lowest BCUT2D eigenvalue weighted by Gasteiger charge is -2.10. The van der Waals surface area contributed by atoms with E-state index in [1.165, 1.54) is 13.1 Å². The fourth-order valence-electron chi connectivity index (χ4n) is 1.43. The standard InChI is InChI=1S/C10H13N3O3/c1-6(10(15)16)12-8-9(14)13(5-4-11-8)7-2-3-7/h4-7H,2-3H2,1H3,(H,11,12)(H,15,16). The zero-order valence-corrected chi connectivity index (χ0v) is 8.88.